The average molecular weight is 538 g/mol. The maximum absolute atomic E-state index is 5.95. The van der Waals surface area contributed by atoms with E-state index in [4.69, 9.17) is 14.7 Å². The van der Waals surface area contributed by atoms with Crippen molar-refractivity contribution < 1.29 is 4.74 Å². The molecule has 0 aromatic carbocycles. The first kappa shape index (κ1) is 25.9. The summed E-state index contributed by atoms with van der Waals surface area (Å²) in [6.45, 7) is 15.6. The molecule has 0 bridgehead atoms. The number of imidazole rings is 1. The molecule has 6 heteroatoms. The van der Waals surface area contributed by atoms with Gasteiger partial charge in [-0.3, -0.25) is 0 Å². The second kappa shape index (κ2) is 12.6. The Balaban J connectivity index is 2.23. The standard InChI is InChI=1S/C12H18N3OSi.3C4H9.Sn/c1-17(2,3)8-7-16-10-15-9-14-11-5-4-6-13-12(11)15;3*1-3-4-2;/h5-6,9H,7-8,10H2,1-3H3;3*1,3-4H2,2H3;. The Kier molecular flexibility index (Phi) is 10.8. The van der Waals surface area contributed by atoms with Crippen molar-refractivity contribution in [1.82, 2.24) is 14.5 Å². The van der Waals surface area contributed by atoms with Crippen molar-refractivity contribution in [3.8, 4) is 0 Å². The second-order valence-corrected chi connectivity index (χ2v) is 29.1. The van der Waals surface area contributed by atoms with Crippen LogP contribution in [0.2, 0.25) is 39.0 Å². The number of ether oxygens (including phenoxy) is 1. The number of hydrogen-bond donors (Lipinski definition) is 0. The molecule has 0 fully saturated rings. The van der Waals surface area contributed by atoms with Gasteiger partial charge in [0, 0.05) is 0 Å². The Bertz CT molecular complexity index is 735. The van der Waals surface area contributed by atoms with Crippen molar-refractivity contribution in [3.05, 3.63) is 18.6 Å². The zero-order valence-corrected chi connectivity index (χ0v) is 24.3. The summed E-state index contributed by atoms with van der Waals surface area (Å²) in [7, 11) is -1.05. The molecule has 2 aromatic rings. The van der Waals surface area contributed by atoms with Gasteiger partial charge in [-0.05, 0) is 0 Å². The summed E-state index contributed by atoms with van der Waals surface area (Å²) in [6.07, 6.45) is 12.2. The first-order chi connectivity index (χ1) is 14.3. The Labute approximate surface area is 190 Å². The van der Waals surface area contributed by atoms with E-state index in [2.05, 4.69) is 57.2 Å². The Morgan fingerprint density at radius 2 is 1.53 bits per heavy atom. The predicted octanol–water partition coefficient (Wildman–Crippen LogP) is 6.80. The molecule has 2 aromatic heterocycles. The van der Waals surface area contributed by atoms with Crippen LogP contribution in [0.1, 0.15) is 59.3 Å². The van der Waals surface area contributed by atoms with Gasteiger partial charge in [0.15, 0.2) is 0 Å². The van der Waals surface area contributed by atoms with Gasteiger partial charge in [-0.2, -0.15) is 0 Å². The van der Waals surface area contributed by atoms with Gasteiger partial charge in [-0.15, -0.1) is 0 Å². The molecule has 4 nitrogen and oxygen atoms in total. The van der Waals surface area contributed by atoms with Crippen LogP contribution >= 0.6 is 0 Å². The van der Waals surface area contributed by atoms with Crippen molar-refractivity contribution in [3.63, 3.8) is 0 Å². The van der Waals surface area contributed by atoms with E-state index >= 15 is 0 Å². The van der Waals surface area contributed by atoms with Crippen molar-refractivity contribution in [2.45, 2.75) is 105 Å². The summed E-state index contributed by atoms with van der Waals surface area (Å²) in [6, 6.07) is 3.61. The van der Waals surface area contributed by atoms with Crippen molar-refractivity contribution in [2.75, 3.05) is 6.61 Å². The molecule has 0 N–H and O–H groups in total. The Morgan fingerprint density at radius 1 is 0.933 bits per heavy atom. The van der Waals surface area contributed by atoms with Gasteiger partial charge >= 0.3 is 191 Å². The van der Waals surface area contributed by atoms with E-state index < -0.39 is 26.5 Å². The van der Waals surface area contributed by atoms with E-state index in [1.54, 1.807) is 3.58 Å². The van der Waals surface area contributed by atoms with Gasteiger partial charge in [0.25, 0.3) is 0 Å². The summed E-state index contributed by atoms with van der Waals surface area (Å²) in [5.74, 6) is 0. The summed E-state index contributed by atoms with van der Waals surface area (Å²) in [4.78, 5) is 9.66. The summed E-state index contributed by atoms with van der Waals surface area (Å²) in [5, 5.41) is 0. The predicted molar refractivity (Wildman–Crippen MR) is 136 cm³/mol. The van der Waals surface area contributed by atoms with Crippen LogP contribution in [0.5, 0.6) is 0 Å². The summed E-state index contributed by atoms with van der Waals surface area (Å²) in [5.41, 5.74) is 2.04. The number of hydrogen-bond acceptors (Lipinski definition) is 3. The van der Waals surface area contributed by atoms with Gasteiger partial charge in [0.05, 0.1) is 0 Å². The quantitative estimate of drug-likeness (QED) is 0.185. The van der Waals surface area contributed by atoms with Crippen LogP contribution in [0.15, 0.2) is 18.6 Å². The van der Waals surface area contributed by atoms with Gasteiger partial charge in [-0.1, -0.05) is 0 Å². The monoisotopic (exact) mass is 539 g/mol. The Morgan fingerprint density at radius 3 is 2.07 bits per heavy atom. The normalized spacial score (nSPS) is 12.7. The number of pyridine rings is 1. The van der Waals surface area contributed by atoms with Crippen LogP contribution in [-0.2, 0) is 11.5 Å². The molecule has 0 spiro atoms. The number of fused-ring (bicyclic) bond motifs is 1. The first-order valence-electron chi connectivity index (χ1n) is 12.2. The SMILES string of the molecule is CCC[CH2][Sn]([CH2]CCC)([CH2]CCC)[c]1cnc2c(c1)ncn2COCC[Si](C)(C)C. The zero-order valence-electron chi connectivity index (χ0n) is 20.5. The molecule has 0 aliphatic carbocycles. The molecular formula is C24H45N3OSiSn. The van der Waals surface area contributed by atoms with Crippen LogP contribution in [0.25, 0.3) is 11.2 Å². The average Bonchev–Trinajstić information content (AvgIpc) is 3.12. The minimum atomic E-state index is -2.45. The van der Waals surface area contributed by atoms with Gasteiger partial charge in [-0.25, -0.2) is 0 Å². The third-order valence-corrected chi connectivity index (χ3v) is 23.5. The fraction of sp³-hybridized carbons (Fsp3) is 0.750. The molecule has 0 radical (unpaired) electrons. The molecule has 0 aliphatic heterocycles. The molecule has 0 atom stereocenters. The molecule has 0 amide bonds. The van der Waals surface area contributed by atoms with E-state index in [-0.39, 0.29) is 0 Å². The summed E-state index contributed by atoms with van der Waals surface area (Å²) < 4.78 is 14.0. The fourth-order valence-electron chi connectivity index (χ4n) is 4.23. The van der Waals surface area contributed by atoms with E-state index in [0.29, 0.717) is 6.73 Å². The number of aromatic nitrogens is 3. The van der Waals surface area contributed by atoms with E-state index in [9.17, 15) is 0 Å². The van der Waals surface area contributed by atoms with Crippen LogP contribution in [0.4, 0.5) is 0 Å². The molecule has 0 saturated heterocycles. The van der Waals surface area contributed by atoms with Crippen LogP contribution in [0.3, 0.4) is 0 Å². The first-order valence-corrected chi connectivity index (χ1v) is 23.4. The molecule has 0 unspecified atom stereocenters. The van der Waals surface area contributed by atoms with Crippen molar-refractivity contribution >= 4 is 41.2 Å². The molecule has 0 aliphatic rings. The molecule has 170 valence electrons. The number of unbranched alkanes of at least 4 members (excludes halogenated alkanes) is 3. The second-order valence-electron chi connectivity index (χ2n) is 10.2. The van der Waals surface area contributed by atoms with Crippen molar-refractivity contribution in [1.29, 1.82) is 0 Å². The third kappa shape index (κ3) is 7.62. The molecule has 30 heavy (non-hydrogen) atoms. The van der Waals surface area contributed by atoms with Gasteiger partial charge < -0.3 is 0 Å². The van der Waals surface area contributed by atoms with Crippen LogP contribution in [-0.4, -0.2) is 47.6 Å². The molecule has 2 heterocycles. The zero-order chi connectivity index (χ0) is 22.0. The Hall–Kier alpha value is -0.404. The minimum absolute atomic E-state index is 0.559. The third-order valence-electron chi connectivity index (χ3n) is 6.32. The van der Waals surface area contributed by atoms with Crippen LogP contribution < -0.4 is 3.58 Å². The van der Waals surface area contributed by atoms with E-state index in [1.807, 2.05) is 6.33 Å². The van der Waals surface area contributed by atoms with Gasteiger partial charge in [0.1, 0.15) is 0 Å². The number of rotatable bonds is 15. The fourth-order valence-corrected chi connectivity index (χ4v) is 20.6. The van der Waals surface area contributed by atoms with E-state index in [0.717, 1.165) is 17.8 Å². The maximum atomic E-state index is 5.95. The molecular weight excluding hydrogens is 493 g/mol. The van der Waals surface area contributed by atoms with E-state index in [1.165, 1.54) is 57.9 Å². The molecule has 2 rings (SSSR count). The van der Waals surface area contributed by atoms with Crippen LogP contribution in [0, 0.1) is 0 Å². The van der Waals surface area contributed by atoms with Gasteiger partial charge in [0.2, 0.25) is 0 Å². The van der Waals surface area contributed by atoms with Crippen molar-refractivity contribution in [2.24, 2.45) is 0 Å². The summed E-state index contributed by atoms with van der Waals surface area (Å²) >= 11 is -2.45. The molecule has 0 saturated carbocycles. The topological polar surface area (TPSA) is 39.9 Å². The number of nitrogens with zero attached hydrogens (tertiary/aromatic N) is 3.